The summed E-state index contributed by atoms with van der Waals surface area (Å²) in [6.45, 7) is -0.759. The number of hydrogen-bond donors (Lipinski definition) is 1. The minimum Gasteiger partial charge on any atom is -0.459 e. The van der Waals surface area contributed by atoms with Gasteiger partial charge in [0.1, 0.15) is 0 Å². The highest BCUT2D eigenvalue weighted by atomic mass is 35.5. The number of aliphatic imine (C=N–C) groups is 1. The van der Waals surface area contributed by atoms with Crippen LogP contribution in [-0.2, 0) is 16.7 Å². The Morgan fingerprint density at radius 2 is 2.00 bits per heavy atom. The summed E-state index contributed by atoms with van der Waals surface area (Å²) in [7, 11) is 0. The highest BCUT2D eigenvalue weighted by Crippen LogP contribution is 2.52. The average Bonchev–Trinajstić information content (AvgIpc) is 2.91. The maximum Gasteiger partial charge on any atom is 0.310 e. The Morgan fingerprint density at radius 1 is 1.17 bits per heavy atom. The molecule has 2 aliphatic rings. The highest BCUT2D eigenvalue weighted by Gasteiger charge is 2.60. The molecule has 0 radical (unpaired) electrons. The van der Waals surface area contributed by atoms with Gasteiger partial charge >= 0.3 is 5.92 Å². The summed E-state index contributed by atoms with van der Waals surface area (Å²) in [5, 5.41) is 0.487. The van der Waals surface area contributed by atoms with E-state index in [0.717, 1.165) is 16.7 Å². The van der Waals surface area contributed by atoms with Crippen molar-refractivity contribution in [2.24, 2.45) is 10.7 Å². The van der Waals surface area contributed by atoms with Crippen LogP contribution in [0, 0.1) is 0 Å². The molecule has 0 amide bonds. The van der Waals surface area contributed by atoms with Crippen molar-refractivity contribution in [3.05, 3.63) is 52.8 Å². The van der Waals surface area contributed by atoms with E-state index < -0.39 is 18.1 Å². The molecule has 0 bridgehead atoms. The molecule has 4 nitrogen and oxygen atoms in total. The van der Waals surface area contributed by atoms with Crippen LogP contribution >= 0.6 is 11.6 Å². The van der Waals surface area contributed by atoms with Crippen LogP contribution in [-0.4, -0.2) is 23.5 Å². The van der Waals surface area contributed by atoms with Crippen molar-refractivity contribution in [1.29, 1.82) is 0 Å². The van der Waals surface area contributed by atoms with Gasteiger partial charge in [-0.15, -0.1) is 0 Å². The molecule has 1 atom stereocenters. The summed E-state index contributed by atoms with van der Waals surface area (Å²) in [4.78, 5) is 8.09. The number of fused-ring (bicyclic) bond motifs is 2. The minimum absolute atomic E-state index is 0.191. The summed E-state index contributed by atoms with van der Waals surface area (Å²) in [6.07, 6.45) is 3.90. The van der Waals surface area contributed by atoms with Gasteiger partial charge in [0, 0.05) is 18.0 Å². The van der Waals surface area contributed by atoms with E-state index in [2.05, 4.69) is 9.98 Å². The minimum atomic E-state index is -3.12. The number of hydrogen-bond acceptors (Lipinski definition) is 4. The molecule has 0 saturated carbocycles. The zero-order valence-electron chi connectivity index (χ0n) is 12.6. The molecule has 1 aliphatic carbocycles. The zero-order chi connectivity index (χ0) is 16.9. The lowest BCUT2D eigenvalue weighted by Crippen LogP contribution is -2.51. The number of pyridine rings is 1. The number of nitrogens with two attached hydrogens (primary N) is 1. The molecule has 124 valence electrons. The summed E-state index contributed by atoms with van der Waals surface area (Å²) < 4.78 is 34.2. The van der Waals surface area contributed by atoms with Crippen LogP contribution < -0.4 is 5.73 Å². The SMILES string of the molecule is NC1=NC2(CCc3ccc(-c4cncc(Cl)c4)cc32)C(F)(F)CO1. The van der Waals surface area contributed by atoms with E-state index in [4.69, 9.17) is 22.1 Å². The summed E-state index contributed by atoms with van der Waals surface area (Å²) in [5.74, 6) is -3.12. The normalized spacial score (nSPS) is 24.4. The van der Waals surface area contributed by atoms with Gasteiger partial charge in [0.15, 0.2) is 12.1 Å². The standard InChI is InChI=1S/C17H14ClF2N3O/c18-13-5-12(7-22-8-13)11-2-1-10-3-4-16(14(10)6-11)17(19,20)9-24-15(21)23-16/h1-2,5-8H,3-4,9H2,(H2,21,23). The van der Waals surface area contributed by atoms with Crippen LogP contribution in [0.2, 0.25) is 5.02 Å². The monoisotopic (exact) mass is 349 g/mol. The fourth-order valence-corrected chi connectivity index (χ4v) is 3.64. The van der Waals surface area contributed by atoms with E-state index in [0.29, 0.717) is 17.0 Å². The topological polar surface area (TPSA) is 60.5 Å². The first-order valence-electron chi connectivity index (χ1n) is 7.52. The van der Waals surface area contributed by atoms with E-state index in [9.17, 15) is 8.78 Å². The van der Waals surface area contributed by atoms with Gasteiger partial charge in [0.05, 0.1) is 5.02 Å². The third-order valence-corrected chi connectivity index (χ3v) is 4.86. The molecule has 0 saturated heterocycles. The molecule has 1 unspecified atom stereocenters. The number of rotatable bonds is 1. The first-order chi connectivity index (χ1) is 11.4. The number of aryl methyl sites for hydroxylation is 1. The van der Waals surface area contributed by atoms with Crippen molar-refractivity contribution in [2.75, 3.05) is 6.61 Å². The number of aromatic nitrogens is 1. The fraction of sp³-hybridized carbons (Fsp3) is 0.294. The smallest absolute Gasteiger partial charge is 0.310 e. The molecule has 7 heteroatoms. The Bertz CT molecular complexity index is 855. The van der Waals surface area contributed by atoms with Gasteiger partial charge < -0.3 is 10.5 Å². The van der Waals surface area contributed by atoms with Crippen molar-refractivity contribution in [1.82, 2.24) is 4.98 Å². The van der Waals surface area contributed by atoms with Crippen LogP contribution in [0.5, 0.6) is 0 Å². The van der Waals surface area contributed by atoms with E-state index in [1.54, 1.807) is 18.3 Å². The first-order valence-corrected chi connectivity index (χ1v) is 7.89. The molecule has 0 fully saturated rings. The molecule has 4 rings (SSSR count). The molecular weight excluding hydrogens is 336 g/mol. The summed E-state index contributed by atoms with van der Waals surface area (Å²) in [6, 6.07) is 7.04. The second-order valence-electron chi connectivity index (χ2n) is 6.07. The molecule has 1 spiro atoms. The number of nitrogens with zero attached hydrogens (tertiary/aromatic N) is 2. The number of amidine groups is 1. The van der Waals surface area contributed by atoms with Gasteiger partial charge in [0.2, 0.25) is 0 Å². The lowest BCUT2D eigenvalue weighted by Gasteiger charge is -2.37. The van der Waals surface area contributed by atoms with E-state index in [1.165, 1.54) is 6.20 Å². The molecule has 2 aromatic rings. The molecule has 1 aromatic carbocycles. The number of benzene rings is 1. The van der Waals surface area contributed by atoms with Crippen molar-refractivity contribution < 1.29 is 13.5 Å². The van der Waals surface area contributed by atoms with Gasteiger partial charge in [-0.25, -0.2) is 4.99 Å². The van der Waals surface area contributed by atoms with Crippen molar-refractivity contribution >= 4 is 17.6 Å². The lowest BCUT2D eigenvalue weighted by molar-refractivity contribution is -0.121. The van der Waals surface area contributed by atoms with Crippen LogP contribution in [0.4, 0.5) is 8.78 Å². The first kappa shape index (κ1) is 15.3. The Morgan fingerprint density at radius 3 is 2.79 bits per heavy atom. The third kappa shape index (κ3) is 2.17. The Hall–Kier alpha value is -2.21. The van der Waals surface area contributed by atoms with Gasteiger partial charge in [-0.2, -0.15) is 8.78 Å². The molecule has 2 heterocycles. The van der Waals surface area contributed by atoms with Crippen LogP contribution in [0.15, 0.2) is 41.7 Å². The average molecular weight is 350 g/mol. The largest absolute Gasteiger partial charge is 0.459 e. The zero-order valence-corrected chi connectivity index (χ0v) is 13.4. The van der Waals surface area contributed by atoms with Crippen LogP contribution in [0.25, 0.3) is 11.1 Å². The number of halogens is 3. The molecule has 1 aliphatic heterocycles. The second-order valence-corrected chi connectivity index (χ2v) is 6.50. The van der Waals surface area contributed by atoms with Gasteiger partial charge in [-0.1, -0.05) is 23.7 Å². The summed E-state index contributed by atoms with van der Waals surface area (Å²) in [5.41, 5.74) is 6.82. The maximum absolute atomic E-state index is 14.7. The van der Waals surface area contributed by atoms with E-state index in [-0.39, 0.29) is 12.4 Å². The quantitative estimate of drug-likeness (QED) is 0.856. The highest BCUT2D eigenvalue weighted by molar-refractivity contribution is 6.30. The Labute approximate surface area is 142 Å². The molecule has 2 N–H and O–H groups in total. The van der Waals surface area contributed by atoms with Crippen molar-refractivity contribution in [3.63, 3.8) is 0 Å². The maximum atomic E-state index is 14.7. The van der Waals surface area contributed by atoms with Gasteiger partial charge in [0.25, 0.3) is 6.02 Å². The van der Waals surface area contributed by atoms with Gasteiger partial charge in [-0.3, -0.25) is 4.98 Å². The third-order valence-electron chi connectivity index (χ3n) is 4.66. The van der Waals surface area contributed by atoms with Crippen molar-refractivity contribution in [2.45, 2.75) is 24.3 Å². The van der Waals surface area contributed by atoms with E-state index in [1.807, 2.05) is 12.1 Å². The molecular formula is C17H14ClF2N3O. The van der Waals surface area contributed by atoms with Crippen LogP contribution in [0.1, 0.15) is 17.5 Å². The lowest BCUT2D eigenvalue weighted by atomic mass is 9.84. The summed E-state index contributed by atoms with van der Waals surface area (Å²) >= 11 is 5.98. The number of alkyl halides is 2. The molecule has 24 heavy (non-hydrogen) atoms. The molecule has 1 aromatic heterocycles. The van der Waals surface area contributed by atoms with E-state index >= 15 is 0 Å². The number of ether oxygens (including phenoxy) is 1. The van der Waals surface area contributed by atoms with Gasteiger partial charge in [-0.05, 0) is 41.7 Å². The van der Waals surface area contributed by atoms with Crippen LogP contribution in [0.3, 0.4) is 0 Å². The Balaban J connectivity index is 1.89. The predicted molar refractivity (Wildman–Crippen MR) is 87.2 cm³/mol. The Kier molecular flexibility index (Phi) is 3.28. The van der Waals surface area contributed by atoms with Crippen molar-refractivity contribution in [3.8, 4) is 11.1 Å². The predicted octanol–water partition coefficient (Wildman–Crippen LogP) is 3.52. The fourth-order valence-electron chi connectivity index (χ4n) is 3.46. The second kappa shape index (κ2) is 5.14.